The van der Waals surface area contributed by atoms with Crippen LogP contribution in [-0.4, -0.2) is 51.8 Å². The second kappa shape index (κ2) is 11.1. The van der Waals surface area contributed by atoms with Crippen LogP contribution in [0.15, 0.2) is 85.1 Å². The van der Waals surface area contributed by atoms with Gasteiger partial charge >= 0.3 is 0 Å². The van der Waals surface area contributed by atoms with E-state index in [1.807, 2.05) is 99.0 Å². The summed E-state index contributed by atoms with van der Waals surface area (Å²) in [6, 6.07) is 24.8. The molecule has 1 fully saturated rings. The largest absolute Gasteiger partial charge is 0.432 e. The second-order valence-corrected chi connectivity index (χ2v) is 16.2. The molecule has 8 nitrogen and oxygen atoms in total. The van der Waals surface area contributed by atoms with E-state index >= 15 is 0 Å². The average molecular weight is 603 g/mol. The fraction of sp³-hybridized carbons (Fsp3) is 0.344. The molecule has 3 heterocycles. The van der Waals surface area contributed by atoms with Gasteiger partial charge in [-0.15, -0.1) is 5.10 Å². The quantitative estimate of drug-likeness (QED) is 0.254. The van der Waals surface area contributed by atoms with Crippen molar-refractivity contribution in [2.24, 2.45) is 5.92 Å². The highest BCUT2D eigenvalue weighted by molar-refractivity contribution is 6.71. The van der Waals surface area contributed by atoms with Crippen molar-refractivity contribution in [2.45, 2.75) is 56.1 Å². The monoisotopic (exact) mass is 602 g/mol. The van der Waals surface area contributed by atoms with Gasteiger partial charge in [0.2, 0.25) is 0 Å². The van der Waals surface area contributed by atoms with E-state index in [9.17, 15) is 14.7 Å². The Balaban J connectivity index is 1.32. The predicted molar refractivity (Wildman–Crippen MR) is 164 cm³/mol. The third-order valence-electron chi connectivity index (χ3n) is 8.81. The van der Waals surface area contributed by atoms with E-state index in [1.54, 1.807) is 15.6 Å². The van der Waals surface area contributed by atoms with Crippen LogP contribution in [0.5, 0.6) is 0 Å². The number of halogens is 1. The molecule has 0 saturated carbocycles. The zero-order valence-electron chi connectivity index (χ0n) is 23.9. The number of ether oxygens (including phenoxy) is 1. The molecule has 1 unspecified atom stereocenters. The van der Waals surface area contributed by atoms with Gasteiger partial charge in [0.05, 0.1) is 30.0 Å². The van der Waals surface area contributed by atoms with Crippen molar-refractivity contribution >= 4 is 37.2 Å². The van der Waals surface area contributed by atoms with Crippen LogP contribution in [0.2, 0.25) is 23.7 Å². The van der Waals surface area contributed by atoms with Gasteiger partial charge in [-0.25, -0.2) is 0 Å². The van der Waals surface area contributed by atoms with Crippen LogP contribution in [0.25, 0.3) is 0 Å². The SMILES string of the molecule is C[C@@H]1[C@@H]([Si](C)(C)O)[C@H](CCn2cc(C(CO)c3ccccc3)nn2)O[C@@]12C(=O)N(c1ccccc1)c1ccc(Cl)cc12. The Morgan fingerprint density at radius 2 is 1.76 bits per heavy atom. The zero-order chi connectivity index (χ0) is 29.6. The lowest BCUT2D eigenvalue weighted by Crippen LogP contribution is -2.45. The van der Waals surface area contributed by atoms with Gasteiger partial charge in [0, 0.05) is 40.5 Å². The first-order valence-corrected chi connectivity index (χ1v) is 17.7. The van der Waals surface area contributed by atoms with Crippen molar-refractivity contribution in [3.63, 3.8) is 0 Å². The summed E-state index contributed by atoms with van der Waals surface area (Å²) in [5.74, 6) is -0.736. The number of aliphatic hydroxyl groups is 1. The predicted octanol–water partition coefficient (Wildman–Crippen LogP) is 5.62. The number of para-hydroxylation sites is 1. The minimum Gasteiger partial charge on any atom is -0.432 e. The lowest BCUT2D eigenvalue weighted by molar-refractivity contribution is -0.145. The molecule has 0 aliphatic carbocycles. The van der Waals surface area contributed by atoms with Gasteiger partial charge in [-0.3, -0.25) is 14.4 Å². The molecule has 5 atom stereocenters. The summed E-state index contributed by atoms with van der Waals surface area (Å²) < 4.78 is 8.65. The Morgan fingerprint density at radius 3 is 2.43 bits per heavy atom. The molecule has 3 aromatic carbocycles. The van der Waals surface area contributed by atoms with Crippen LogP contribution >= 0.6 is 11.6 Å². The van der Waals surface area contributed by atoms with Crippen molar-refractivity contribution in [2.75, 3.05) is 11.5 Å². The van der Waals surface area contributed by atoms with Crippen molar-refractivity contribution in [3.05, 3.63) is 107 Å². The molecule has 0 radical (unpaired) electrons. The molecule has 42 heavy (non-hydrogen) atoms. The summed E-state index contributed by atoms with van der Waals surface area (Å²) in [4.78, 5) is 27.8. The van der Waals surface area contributed by atoms with E-state index in [-0.39, 0.29) is 29.9 Å². The number of hydrogen-bond acceptors (Lipinski definition) is 6. The lowest BCUT2D eigenvalue weighted by atomic mass is 9.82. The normalized spacial score (nSPS) is 24.4. The van der Waals surface area contributed by atoms with E-state index in [0.29, 0.717) is 23.7 Å². The molecule has 6 rings (SSSR count). The van der Waals surface area contributed by atoms with Crippen molar-refractivity contribution < 1.29 is 19.4 Å². The molecule has 1 amide bonds. The summed E-state index contributed by atoms with van der Waals surface area (Å²) in [5, 5.41) is 19.3. The van der Waals surface area contributed by atoms with E-state index in [0.717, 1.165) is 22.5 Å². The molecule has 0 bridgehead atoms. The van der Waals surface area contributed by atoms with Crippen molar-refractivity contribution in [3.8, 4) is 0 Å². The number of fused-ring (bicyclic) bond motifs is 2. The topological polar surface area (TPSA) is 101 Å². The molecule has 1 spiro atoms. The zero-order valence-corrected chi connectivity index (χ0v) is 25.6. The summed E-state index contributed by atoms with van der Waals surface area (Å²) in [6.45, 7) is 6.24. The van der Waals surface area contributed by atoms with Crippen LogP contribution in [0.4, 0.5) is 11.4 Å². The van der Waals surface area contributed by atoms with Gasteiger partial charge in [0.15, 0.2) is 13.9 Å². The van der Waals surface area contributed by atoms with Crippen molar-refractivity contribution in [1.82, 2.24) is 15.0 Å². The van der Waals surface area contributed by atoms with Crippen molar-refractivity contribution in [1.29, 1.82) is 0 Å². The van der Waals surface area contributed by atoms with E-state index in [2.05, 4.69) is 10.3 Å². The Labute approximate surface area is 251 Å². The van der Waals surface area contributed by atoms with Gasteiger partial charge in [-0.05, 0) is 55.4 Å². The highest BCUT2D eigenvalue weighted by Gasteiger charge is 2.66. The van der Waals surface area contributed by atoms with Crippen LogP contribution in [0, 0.1) is 5.92 Å². The number of carbonyl (C=O) groups excluding carboxylic acids is 1. The summed E-state index contributed by atoms with van der Waals surface area (Å²) in [7, 11) is -2.82. The first-order valence-electron chi connectivity index (χ1n) is 14.3. The maximum absolute atomic E-state index is 14.5. The standard InChI is InChI=1S/C32H35ClN4O4Si/c1-21-30(42(2,3)40)29(16-17-36-19-27(34-35-36)25(20-38)22-10-6-4-7-11-22)41-32(21)26-18-23(33)14-15-28(26)37(31(32)39)24-12-8-5-9-13-24/h4-15,18-19,21,25,29-30,38,40H,16-17,20H2,1-3H3/t21-,25?,29+,30-,32+/m1/s1. The van der Waals surface area contributed by atoms with Gasteiger partial charge in [-0.2, -0.15) is 0 Å². The molecule has 2 N–H and O–H groups in total. The fourth-order valence-electron chi connectivity index (χ4n) is 6.98. The maximum Gasteiger partial charge on any atom is 0.268 e. The number of aryl methyl sites for hydroxylation is 1. The minimum atomic E-state index is -2.82. The van der Waals surface area contributed by atoms with Gasteiger partial charge in [0.1, 0.15) is 0 Å². The summed E-state index contributed by atoms with van der Waals surface area (Å²) in [6.07, 6.45) is 1.99. The van der Waals surface area contributed by atoms with Crippen LogP contribution in [0.3, 0.4) is 0 Å². The number of aliphatic hydroxyl groups excluding tert-OH is 1. The molecule has 10 heteroatoms. The second-order valence-electron chi connectivity index (χ2n) is 11.8. The summed E-state index contributed by atoms with van der Waals surface area (Å²) in [5.41, 5.74) is 2.39. The molecule has 2 aliphatic heterocycles. The molecule has 4 aromatic rings. The number of carbonyl (C=O) groups is 1. The Kier molecular flexibility index (Phi) is 7.57. The number of nitrogens with zero attached hydrogens (tertiary/aromatic N) is 4. The van der Waals surface area contributed by atoms with E-state index in [1.165, 1.54) is 0 Å². The average Bonchev–Trinajstić information content (AvgIpc) is 3.63. The first kappa shape index (κ1) is 28.8. The maximum atomic E-state index is 14.5. The minimum absolute atomic E-state index is 0.0805. The van der Waals surface area contributed by atoms with Gasteiger partial charge < -0.3 is 14.6 Å². The Morgan fingerprint density at radius 1 is 1.07 bits per heavy atom. The van der Waals surface area contributed by atoms with Crippen LogP contribution in [-0.2, 0) is 21.7 Å². The smallest absolute Gasteiger partial charge is 0.268 e. The molecule has 218 valence electrons. The number of amides is 1. The van der Waals surface area contributed by atoms with E-state index < -0.39 is 20.0 Å². The fourth-order valence-corrected chi connectivity index (χ4v) is 9.75. The number of aromatic nitrogens is 3. The molecule has 1 aromatic heterocycles. The molecular formula is C32H35ClN4O4Si. The number of anilines is 2. The van der Waals surface area contributed by atoms with Crippen LogP contribution in [0.1, 0.15) is 36.1 Å². The van der Waals surface area contributed by atoms with Crippen LogP contribution < -0.4 is 4.90 Å². The first-order chi connectivity index (χ1) is 20.1. The van der Waals surface area contributed by atoms with Gasteiger partial charge in [0.25, 0.3) is 5.91 Å². The lowest BCUT2D eigenvalue weighted by Gasteiger charge is -2.32. The number of hydrogen-bond donors (Lipinski definition) is 2. The highest BCUT2D eigenvalue weighted by atomic mass is 35.5. The van der Waals surface area contributed by atoms with Gasteiger partial charge in [-0.1, -0.05) is 72.3 Å². The Bertz CT molecular complexity index is 1580. The third-order valence-corrected chi connectivity index (χ3v) is 11.5. The number of rotatable bonds is 8. The summed E-state index contributed by atoms with van der Waals surface area (Å²) >= 11 is 6.50. The molecule has 1 saturated heterocycles. The Hall–Kier alpha value is -3.34. The number of benzene rings is 3. The molecular weight excluding hydrogens is 568 g/mol. The highest BCUT2D eigenvalue weighted by Crippen LogP contribution is 2.61. The molecule has 2 aliphatic rings. The van der Waals surface area contributed by atoms with E-state index in [4.69, 9.17) is 16.3 Å². The third kappa shape index (κ3) is 4.79.